The van der Waals surface area contributed by atoms with E-state index < -0.39 is 0 Å². The molecule has 0 radical (unpaired) electrons. The maximum absolute atomic E-state index is 4.26. The highest BCUT2D eigenvalue weighted by Crippen LogP contribution is 2.29. The van der Waals surface area contributed by atoms with E-state index in [-0.39, 0.29) is 12.4 Å². The summed E-state index contributed by atoms with van der Waals surface area (Å²) >= 11 is 1.90. The summed E-state index contributed by atoms with van der Waals surface area (Å²) in [6.45, 7) is 6.83. The molecule has 4 nitrogen and oxygen atoms in total. The summed E-state index contributed by atoms with van der Waals surface area (Å²) < 4.78 is 1.86. The Balaban J connectivity index is 0.00000176. The van der Waals surface area contributed by atoms with Gasteiger partial charge in [-0.2, -0.15) is 5.10 Å². The quantitative estimate of drug-likeness (QED) is 0.877. The molecule has 0 spiro atoms. The molecule has 0 amide bonds. The Bertz CT molecular complexity index is 574. The lowest BCUT2D eigenvalue weighted by atomic mass is 10.2. The fourth-order valence-corrected chi connectivity index (χ4v) is 4.00. The molecule has 1 saturated heterocycles. The van der Waals surface area contributed by atoms with Crippen molar-refractivity contribution in [3.05, 3.63) is 29.4 Å². The lowest BCUT2D eigenvalue weighted by molar-refractivity contribution is 0.201. The van der Waals surface area contributed by atoms with E-state index in [4.69, 9.17) is 0 Å². The summed E-state index contributed by atoms with van der Waals surface area (Å²) in [5.74, 6) is 0. The zero-order valence-electron chi connectivity index (χ0n) is 13.3. The van der Waals surface area contributed by atoms with Crippen molar-refractivity contribution in [3.8, 4) is 10.4 Å². The molecule has 1 aliphatic rings. The van der Waals surface area contributed by atoms with Crippen LogP contribution in [0.15, 0.2) is 24.5 Å². The largest absolute Gasteiger partial charge is 0.315 e. The second-order valence-corrected chi connectivity index (χ2v) is 6.95. The van der Waals surface area contributed by atoms with Gasteiger partial charge in [-0.25, -0.2) is 0 Å². The van der Waals surface area contributed by atoms with Crippen molar-refractivity contribution < 1.29 is 0 Å². The lowest BCUT2D eigenvalue weighted by Gasteiger charge is -2.27. The molecule has 0 aromatic carbocycles. The maximum Gasteiger partial charge on any atom is 0.0576 e. The molecule has 1 fully saturated rings. The molecule has 122 valence electrons. The summed E-state index contributed by atoms with van der Waals surface area (Å²) in [5.41, 5.74) is 1.22. The first-order valence-corrected chi connectivity index (χ1v) is 8.60. The molecule has 3 rings (SSSR count). The first-order chi connectivity index (χ1) is 10.3. The molecule has 1 atom stereocenters. The van der Waals surface area contributed by atoms with Crippen LogP contribution in [0, 0.1) is 0 Å². The van der Waals surface area contributed by atoms with Crippen LogP contribution in [0.4, 0.5) is 0 Å². The molecule has 6 heteroatoms. The number of rotatable bonds is 6. The average Bonchev–Trinajstić information content (AvgIpc) is 3.18. The Kier molecular flexibility index (Phi) is 6.44. The van der Waals surface area contributed by atoms with Crippen LogP contribution in [0.3, 0.4) is 0 Å². The first kappa shape index (κ1) is 17.5. The van der Waals surface area contributed by atoms with Gasteiger partial charge in [0.15, 0.2) is 0 Å². The van der Waals surface area contributed by atoms with Gasteiger partial charge in [0.2, 0.25) is 0 Å². The molecule has 1 unspecified atom stereocenters. The lowest BCUT2D eigenvalue weighted by Crippen LogP contribution is -2.36. The van der Waals surface area contributed by atoms with Gasteiger partial charge in [-0.05, 0) is 38.1 Å². The predicted octanol–water partition coefficient (Wildman–Crippen LogP) is 3.14. The van der Waals surface area contributed by atoms with Crippen LogP contribution in [0.5, 0.6) is 0 Å². The molecular formula is C16H25ClN4S. The molecule has 1 N–H and O–H groups in total. The van der Waals surface area contributed by atoms with Crippen molar-refractivity contribution in [1.29, 1.82) is 0 Å². The smallest absolute Gasteiger partial charge is 0.0576 e. The summed E-state index contributed by atoms with van der Waals surface area (Å²) in [6, 6.07) is 5.21. The number of nitrogens with zero attached hydrogens (tertiary/aromatic N) is 3. The van der Waals surface area contributed by atoms with Crippen LogP contribution in [0.1, 0.15) is 24.6 Å². The summed E-state index contributed by atoms with van der Waals surface area (Å²) in [7, 11) is 1.97. The Hall–Kier alpha value is -0.880. The normalized spacial score (nSPS) is 17.9. The highest BCUT2D eigenvalue weighted by molar-refractivity contribution is 7.15. The Morgan fingerprint density at radius 3 is 2.95 bits per heavy atom. The van der Waals surface area contributed by atoms with Gasteiger partial charge in [0.25, 0.3) is 0 Å². The Labute approximate surface area is 142 Å². The zero-order chi connectivity index (χ0) is 14.7. The maximum atomic E-state index is 4.26. The Morgan fingerprint density at radius 1 is 1.45 bits per heavy atom. The van der Waals surface area contributed by atoms with E-state index in [9.17, 15) is 0 Å². The monoisotopic (exact) mass is 340 g/mol. The van der Waals surface area contributed by atoms with Gasteiger partial charge >= 0.3 is 0 Å². The molecule has 22 heavy (non-hydrogen) atoms. The molecule has 0 bridgehead atoms. The fraction of sp³-hybridized carbons (Fsp3) is 0.562. The van der Waals surface area contributed by atoms with Crippen molar-refractivity contribution in [1.82, 2.24) is 20.0 Å². The van der Waals surface area contributed by atoms with E-state index in [0.717, 1.165) is 19.6 Å². The van der Waals surface area contributed by atoms with Crippen LogP contribution in [-0.2, 0) is 13.6 Å². The molecule has 3 heterocycles. The van der Waals surface area contributed by atoms with Gasteiger partial charge < -0.3 is 5.32 Å². The minimum absolute atomic E-state index is 0. The van der Waals surface area contributed by atoms with Crippen LogP contribution in [0.25, 0.3) is 10.4 Å². The van der Waals surface area contributed by atoms with Crippen LogP contribution >= 0.6 is 23.7 Å². The number of nitrogens with one attached hydrogen (secondary N) is 1. The summed E-state index contributed by atoms with van der Waals surface area (Å²) in [4.78, 5) is 5.41. The van der Waals surface area contributed by atoms with Gasteiger partial charge in [-0.1, -0.05) is 6.92 Å². The van der Waals surface area contributed by atoms with E-state index >= 15 is 0 Å². The number of thiophene rings is 1. The summed E-state index contributed by atoms with van der Waals surface area (Å²) in [6.07, 6.45) is 6.53. The third kappa shape index (κ3) is 4.10. The van der Waals surface area contributed by atoms with Crippen molar-refractivity contribution in [2.45, 2.75) is 32.4 Å². The fourth-order valence-electron chi connectivity index (χ4n) is 3.00. The van der Waals surface area contributed by atoms with Crippen molar-refractivity contribution >= 4 is 23.7 Å². The third-order valence-electron chi connectivity index (χ3n) is 4.07. The molecule has 2 aromatic rings. The van der Waals surface area contributed by atoms with E-state index in [1.54, 1.807) is 0 Å². The number of hydrogen-bond acceptors (Lipinski definition) is 4. The van der Waals surface area contributed by atoms with E-state index in [2.05, 4.69) is 40.6 Å². The second-order valence-electron chi connectivity index (χ2n) is 5.79. The van der Waals surface area contributed by atoms with Crippen LogP contribution < -0.4 is 5.32 Å². The predicted molar refractivity (Wildman–Crippen MR) is 95.7 cm³/mol. The number of hydrogen-bond donors (Lipinski definition) is 1. The second kappa shape index (κ2) is 8.11. The van der Waals surface area contributed by atoms with Crippen molar-refractivity contribution in [3.63, 3.8) is 0 Å². The van der Waals surface area contributed by atoms with Crippen LogP contribution in [-0.4, -0.2) is 40.4 Å². The van der Waals surface area contributed by atoms with Crippen molar-refractivity contribution in [2.24, 2.45) is 7.05 Å². The third-order valence-corrected chi connectivity index (χ3v) is 5.19. The van der Waals surface area contributed by atoms with E-state index in [0.29, 0.717) is 6.04 Å². The number of aryl methyl sites for hydroxylation is 1. The Morgan fingerprint density at radius 2 is 2.32 bits per heavy atom. The zero-order valence-corrected chi connectivity index (χ0v) is 14.9. The van der Waals surface area contributed by atoms with Gasteiger partial charge in [0, 0.05) is 47.7 Å². The number of aromatic nitrogens is 2. The molecule has 1 aliphatic heterocycles. The van der Waals surface area contributed by atoms with Crippen molar-refractivity contribution in [2.75, 3.05) is 19.6 Å². The minimum atomic E-state index is 0. The topological polar surface area (TPSA) is 33.1 Å². The van der Waals surface area contributed by atoms with E-state index in [1.807, 2.05) is 29.3 Å². The number of halogens is 1. The van der Waals surface area contributed by atoms with Gasteiger partial charge in [0.05, 0.1) is 6.20 Å². The first-order valence-electron chi connectivity index (χ1n) is 7.78. The average molecular weight is 341 g/mol. The molecule has 0 saturated carbocycles. The standard InChI is InChI=1S/C16H24N4S.ClH/c1-3-8-20(14-6-7-17-10-14)12-15-4-5-16(21-15)13-9-18-19(2)11-13;/h4-5,9,11,14,17H,3,6-8,10,12H2,1-2H3;1H. The molecule has 2 aromatic heterocycles. The molecule has 0 aliphatic carbocycles. The van der Waals surface area contributed by atoms with Gasteiger partial charge in [-0.15, -0.1) is 23.7 Å². The van der Waals surface area contributed by atoms with Gasteiger partial charge in [0.1, 0.15) is 0 Å². The van der Waals surface area contributed by atoms with E-state index in [1.165, 1.54) is 34.7 Å². The SMILES string of the molecule is CCCN(Cc1ccc(-c2cnn(C)c2)s1)C1CCNC1.Cl. The minimum Gasteiger partial charge on any atom is -0.315 e. The molecular weight excluding hydrogens is 316 g/mol. The highest BCUT2D eigenvalue weighted by atomic mass is 35.5. The van der Waals surface area contributed by atoms with Crippen LogP contribution in [0.2, 0.25) is 0 Å². The highest BCUT2D eigenvalue weighted by Gasteiger charge is 2.22. The van der Waals surface area contributed by atoms with Gasteiger partial charge in [-0.3, -0.25) is 9.58 Å². The summed E-state index contributed by atoms with van der Waals surface area (Å²) in [5, 5.41) is 7.74.